The molecule has 32 heavy (non-hydrogen) atoms. The molecule has 1 amide bonds. The van der Waals surface area contributed by atoms with E-state index in [2.05, 4.69) is 10.3 Å². The summed E-state index contributed by atoms with van der Waals surface area (Å²) in [5.41, 5.74) is 2.31. The molecule has 3 heterocycles. The third kappa shape index (κ3) is 4.31. The predicted octanol–water partition coefficient (Wildman–Crippen LogP) is 4.48. The van der Waals surface area contributed by atoms with Crippen LogP contribution in [0.1, 0.15) is 26.7 Å². The van der Waals surface area contributed by atoms with Crippen molar-refractivity contribution < 1.29 is 18.7 Å². The molecule has 0 spiro atoms. The summed E-state index contributed by atoms with van der Waals surface area (Å²) in [6.07, 6.45) is 3.39. The van der Waals surface area contributed by atoms with Crippen LogP contribution < -0.4 is 5.32 Å². The number of nitrogens with zero attached hydrogens (tertiary/aromatic N) is 3. The van der Waals surface area contributed by atoms with E-state index in [-0.39, 0.29) is 22.8 Å². The normalized spacial score (nSPS) is 10.5. The zero-order valence-corrected chi connectivity index (χ0v) is 18.1. The first-order valence-corrected chi connectivity index (χ1v) is 10.5. The highest BCUT2D eigenvalue weighted by molar-refractivity contribution is 7.09. The summed E-state index contributed by atoms with van der Waals surface area (Å²) in [6, 6.07) is 12.8. The molecule has 1 N–H and O–H groups in total. The second-order valence-corrected chi connectivity index (χ2v) is 7.93. The zero-order chi connectivity index (χ0) is 22.7. The molecule has 0 radical (unpaired) electrons. The zero-order valence-electron chi connectivity index (χ0n) is 17.3. The Hall–Kier alpha value is -4.16. The molecule has 0 saturated carbocycles. The van der Waals surface area contributed by atoms with Crippen LogP contribution in [-0.2, 0) is 9.53 Å². The average Bonchev–Trinajstić information content (AvgIpc) is 3.52. The van der Waals surface area contributed by atoms with E-state index in [0.29, 0.717) is 5.69 Å². The average molecular weight is 446 g/mol. The SMILES string of the molecule is Cc1nc(-c2cccc(NC(=O)COC(=O)c3c(C)oc(-n4cccc4)c3C#N)c2)cs1. The van der Waals surface area contributed by atoms with Gasteiger partial charge in [-0.15, -0.1) is 11.3 Å². The lowest BCUT2D eigenvalue weighted by molar-refractivity contribution is -0.119. The first-order chi connectivity index (χ1) is 15.5. The van der Waals surface area contributed by atoms with E-state index in [9.17, 15) is 14.9 Å². The summed E-state index contributed by atoms with van der Waals surface area (Å²) in [7, 11) is 0. The van der Waals surface area contributed by atoms with Crippen molar-refractivity contribution >= 4 is 28.9 Å². The van der Waals surface area contributed by atoms with Gasteiger partial charge >= 0.3 is 5.97 Å². The van der Waals surface area contributed by atoms with Gasteiger partial charge < -0.3 is 14.5 Å². The number of aromatic nitrogens is 2. The molecule has 160 valence electrons. The van der Waals surface area contributed by atoms with Gasteiger partial charge in [0, 0.05) is 29.0 Å². The Kier molecular flexibility index (Phi) is 5.87. The molecule has 4 aromatic rings. The van der Waals surface area contributed by atoms with Crippen molar-refractivity contribution in [2.75, 3.05) is 11.9 Å². The van der Waals surface area contributed by atoms with Crippen LogP contribution in [0, 0.1) is 25.2 Å². The highest BCUT2D eigenvalue weighted by atomic mass is 32.1. The van der Waals surface area contributed by atoms with Gasteiger partial charge in [-0.2, -0.15) is 5.26 Å². The van der Waals surface area contributed by atoms with Gasteiger partial charge in [-0.1, -0.05) is 12.1 Å². The Balaban J connectivity index is 1.43. The third-order valence-corrected chi connectivity index (χ3v) is 5.39. The van der Waals surface area contributed by atoms with Gasteiger partial charge in [-0.25, -0.2) is 9.78 Å². The topological polar surface area (TPSA) is 110 Å². The molecule has 0 bridgehead atoms. The third-order valence-electron chi connectivity index (χ3n) is 4.62. The number of nitriles is 1. The van der Waals surface area contributed by atoms with E-state index in [1.807, 2.05) is 30.5 Å². The van der Waals surface area contributed by atoms with Crippen LogP contribution in [0.2, 0.25) is 0 Å². The highest BCUT2D eigenvalue weighted by Gasteiger charge is 2.26. The van der Waals surface area contributed by atoms with Gasteiger partial charge in [0.15, 0.2) is 6.61 Å². The van der Waals surface area contributed by atoms with Crippen LogP contribution in [0.25, 0.3) is 17.1 Å². The van der Waals surface area contributed by atoms with Gasteiger partial charge in [0.25, 0.3) is 5.91 Å². The number of hydrogen-bond acceptors (Lipinski definition) is 7. The highest BCUT2D eigenvalue weighted by Crippen LogP contribution is 2.26. The van der Waals surface area contributed by atoms with E-state index < -0.39 is 18.5 Å². The van der Waals surface area contributed by atoms with Crippen molar-refractivity contribution in [2.24, 2.45) is 0 Å². The van der Waals surface area contributed by atoms with Crippen molar-refractivity contribution in [1.29, 1.82) is 5.26 Å². The molecule has 0 aliphatic heterocycles. The summed E-state index contributed by atoms with van der Waals surface area (Å²) >= 11 is 1.55. The molecule has 0 unspecified atom stereocenters. The van der Waals surface area contributed by atoms with Gasteiger partial charge in [0.1, 0.15) is 23.0 Å². The Morgan fingerprint density at radius 3 is 2.72 bits per heavy atom. The van der Waals surface area contributed by atoms with Gasteiger partial charge in [-0.05, 0) is 38.1 Å². The second-order valence-electron chi connectivity index (χ2n) is 6.87. The number of ether oxygens (including phenoxy) is 1. The molecule has 9 heteroatoms. The van der Waals surface area contributed by atoms with E-state index in [1.165, 1.54) is 0 Å². The van der Waals surface area contributed by atoms with Crippen LogP contribution in [0.4, 0.5) is 5.69 Å². The maximum atomic E-state index is 12.6. The lowest BCUT2D eigenvalue weighted by atomic mass is 10.1. The van der Waals surface area contributed by atoms with Crippen molar-refractivity contribution in [1.82, 2.24) is 9.55 Å². The maximum absolute atomic E-state index is 12.6. The summed E-state index contributed by atoms with van der Waals surface area (Å²) in [5, 5.41) is 15.1. The number of benzene rings is 1. The summed E-state index contributed by atoms with van der Waals surface area (Å²) in [6.45, 7) is 2.98. The van der Waals surface area contributed by atoms with Crippen molar-refractivity contribution in [3.63, 3.8) is 0 Å². The standard InChI is InChI=1S/C23H18N4O4S/c1-14-21(18(11-24)22(31-14)27-8-3-4-9-27)23(29)30-12-20(28)26-17-7-5-6-16(10-17)19-13-32-15(2)25-19/h3-10,13H,12H2,1-2H3,(H,26,28). The number of furan rings is 1. The van der Waals surface area contributed by atoms with E-state index >= 15 is 0 Å². The lowest BCUT2D eigenvalue weighted by Crippen LogP contribution is -2.21. The van der Waals surface area contributed by atoms with Gasteiger partial charge in [0.05, 0.1) is 10.7 Å². The number of nitrogens with one attached hydrogen (secondary N) is 1. The molecule has 0 atom stereocenters. The van der Waals surface area contributed by atoms with Crippen LogP contribution in [-0.4, -0.2) is 28.0 Å². The van der Waals surface area contributed by atoms with Crippen LogP contribution in [0.3, 0.4) is 0 Å². The van der Waals surface area contributed by atoms with Gasteiger partial charge in [0.2, 0.25) is 5.88 Å². The van der Waals surface area contributed by atoms with Crippen LogP contribution in [0.15, 0.2) is 58.6 Å². The fraction of sp³-hybridized carbons (Fsp3) is 0.130. The molecule has 4 rings (SSSR count). The minimum absolute atomic E-state index is 0.00454. The van der Waals surface area contributed by atoms with E-state index in [4.69, 9.17) is 9.15 Å². The lowest BCUT2D eigenvalue weighted by Gasteiger charge is -2.08. The molecule has 0 fully saturated rings. The number of anilines is 1. The largest absolute Gasteiger partial charge is 0.452 e. The predicted molar refractivity (Wildman–Crippen MR) is 119 cm³/mol. The number of amides is 1. The van der Waals surface area contributed by atoms with Gasteiger partial charge in [-0.3, -0.25) is 9.36 Å². The number of thiazole rings is 1. The minimum atomic E-state index is -0.803. The smallest absolute Gasteiger partial charge is 0.343 e. The Morgan fingerprint density at radius 2 is 2.03 bits per heavy atom. The van der Waals surface area contributed by atoms with Crippen molar-refractivity contribution in [2.45, 2.75) is 13.8 Å². The Bertz CT molecular complexity index is 1330. The molecule has 8 nitrogen and oxygen atoms in total. The fourth-order valence-electron chi connectivity index (χ4n) is 3.18. The van der Waals surface area contributed by atoms with E-state index in [1.54, 1.807) is 59.5 Å². The molecular weight excluding hydrogens is 428 g/mol. The maximum Gasteiger partial charge on any atom is 0.343 e. The first kappa shape index (κ1) is 21.1. The van der Waals surface area contributed by atoms with Crippen LogP contribution in [0.5, 0.6) is 0 Å². The first-order valence-electron chi connectivity index (χ1n) is 9.62. The molecule has 0 aliphatic rings. The Labute approximate surface area is 187 Å². The number of esters is 1. The number of carbonyl (C=O) groups is 2. The quantitative estimate of drug-likeness (QED) is 0.437. The monoisotopic (exact) mass is 446 g/mol. The van der Waals surface area contributed by atoms with Crippen LogP contribution >= 0.6 is 11.3 Å². The molecule has 0 aliphatic carbocycles. The number of rotatable bonds is 6. The number of aryl methyl sites for hydroxylation is 2. The Morgan fingerprint density at radius 1 is 1.25 bits per heavy atom. The summed E-state index contributed by atoms with van der Waals surface area (Å²) in [5.74, 6) is -0.847. The van der Waals surface area contributed by atoms with Crippen molar-refractivity contribution in [3.8, 4) is 23.2 Å². The number of hydrogen-bond donors (Lipinski definition) is 1. The molecular formula is C23H18N4O4S. The van der Waals surface area contributed by atoms with E-state index in [0.717, 1.165) is 16.3 Å². The summed E-state index contributed by atoms with van der Waals surface area (Å²) in [4.78, 5) is 29.4. The molecule has 1 aromatic carbocycles. The fourth-order valence-corrected chi connectivity index (χ4v) is 3.81. The second kappa shape index (κ2) is 8.91. The number of carbonyl (C=O) groups excluding carboxylic acids is 2. The molecule has 3 aromatic heterocycles. The molecule has 0 saturated heterocycles. The summed E-state index contributed by atoms with van der Waals surface area (Å²) < 4.78 is 12.3. The minimum Gasteiger partial charge on any atom is -0.452 e. The van der Waals surface area contributed by atoms with Crippen molar-refractivity contribution in [3.05, 3.63) is 76.1 Å².